The predicted molar refractivity (Wildman–Crippen MR) is 102 cm³/mol. The molecular weight excluding hydrogens is 368 g/mol. The monoisotopic (exact) mass is 386 g/mol. The molecule has 0 unspecified atom stereocenters. The number of rotatable bonds is 5. The second-order valence-corrected chi connectivity index (χ2v) is 8.00. The minimum atomic E-state index is -3.46. The van der Waals surface area contributed by atoms with Crippen LogP contribution in [0.1, 0.15) is 12.5 Å². The Morgan fingerprint density at radius 2 is 1.96 bits per heavy atom. The van der Waals surface area contributed by atoms with Crippen molar-refractivity contribution in [3.8, 4) is 11.3 Å². The Morgan fingerprint density at radius 3 is 2.59 bits per heavy atom. The molecule has 27 heavy (non-hydrogen) atoms. The summed E-state index contributed by atoms with van der Waals surface area (Å²) in [5.74, 6) is 1.00. The van der Waals surface area contributed by atoms with Crippen molar-refractivity contribution in [2.45, 2.75) is 18.9 Å². The minimum Gasteiger partial charge on any atom is -0.464 e. The van der Waals surface area contributed by atoms with Crippen molar-refractivity contribution in [1.82, 2.24) is 9.97 Å². The Balaban J connectivity index is 2.07. The lowest BCUT2D eigenvalue weighted by molar-refractivity contribution is -0.114. The largest absolute Gasteiger partial charge is 0.464 e. The highest BCUT2D eigenvalue weighted by atomic mass is 32.2. The number of furan rings is 1. The van der Waals surface area contributed by atoms with E-state index in [1.807, 2.05) is 0 Å². The minimum absolute atomic E-state index is 0.0271. The van der Waals surface area contributed by atoms with Crippen LogP contribution in [0.25, 0.3) is 11.3 Å². The van der Waals surface area contributed by atoms with Crippen molar-refractivity contribution in [1.29, 1.82) is 0 Å². The standard InChI is InChI=1S/C18H18N4O4S/c1-11-7-17(22-18(8-11)27(3,24)25)21-14-9-16(20-12(2)23)19-10-13(14)15-5-4-6-26-15/h4-10H,1-3H3,(H2,19,20,21,22,23). The number of pyridine rings is 2. The summed E-state index contributed by atoms with van der Waals surface area (Å²) in [4.78, 5) is 19.7. The molecule has 1 amide bonds. The van der Waals surface area contributed by atoms with Crippen LogP contribution in [0.2, 0.25) is 0 Å². The molecule has 3 aromatic rings. The zero-order valence-electron chi connectivity index (χ0n) is 15.0. The fraction of sp³-hybridized carbons (Fsp3) is 0.167. The van der Waals surface area contributed by atoms with E-state index in [9.17, 15) is 13.2 Å². The van der Waals surface area contributed by atoms with Gasteiger partial charge in [0.1, 0.15) is 17.4 Å². The van der Waals surface area contributed by atoms with Gasteiger partial charge in [0.2, 0.25) is 5.91 Å². The molecule has 3 aromatic heterocycles. The van der Waals surface area contributed by atoms with Gasteiger partial charge in [0.25, 0.3) is 0 Å². The summed E-state index contributed by atoms with van der Waals surface area (Å²) < 4.78 is 29.1. The number of amides is 1. The molecule has 0 bridgehead atoms. The van der Waals surface area contributed by atoms with Gasteiger partial charge in [-0.3, -0.25) is 4.79 Å². The number of nitrogens with one attached hydrogen (secondary N) is 2. The van der Waals surface area contributed by atoms with Gasteiger partial charge in [-0.05, 0) is 36.8 Å². The molecule has 0 saturated carbocycles. The molecule has 0 radical (unpaired) electrons. The predicted octanol–water partition coefficient (Wildman–Crippen LogP) is 3.15. The third kappa shape index (κ3) is 4.50. The van der Waals surface area contributed by atoms with Gasteiger partial charge in [0.05, 0.1) is 17.5 Å². The van der Waals surface area contributed by atoms with E-state index in [0.29, 0.717) is 28.6 Å². The first-order valence-corrected chi connectivity index (χ1v) is 9.89. The maximum Gasteiger partial charge on any atom is 0.222 e. The van der Waals surface area contributed by atoms with Crippen molar-refractivity contribution in [3.05, 3.63) is 48.4 Å². The molecule has 0 saturated heterocycles. The molecule has 3 heterocycles. The quantitative estimate of drug-likeness (QED) is 0.692. The lowest BCUT2D eigenvalue weighted by Gasteiger charge is -2.13. The molecule has 0 aliphatic heterocycles. The fourth-order valence-electron chi connectivity index (χ4n) is 2.46. The number of hydrogen-bond acceptors (Lipinski definition) is 7. The maximum absolute atomic E-state index is 11.9. The Labute approximate surface area is 156 Å². The van der Waals surface area contributed by atoms with Crippen LogP contribution in [0.5, 0.6) is 0 Å². The molecule has 0 aromatic carbocycles. The van der Waals surface area contributed by atoms with Gasteiger partial charge in [-0.15, -0.1) is 0 Å². The number of nitrogens with zero attached hydrogens (tertiary/aromatic N) is 2. The second kappa shape index (κ2) is 7.20. The third-order valence-electron chi connectivity index (χ3n) is 3.58. The Kier molecular flexibility index (Phi) is 4.95. The van der Waals surface area contributed by atoms with Crippen molar-refractivity contribution in [2.24, 2.45) is 0 Å². The van der Waals surface area contributed by atoms with Crippen LogP contribution < -0.4 is 10.6 Å². The number of carbonyl (C=O) groups excluding carboxylic acids is 1. The SMILES string of the molecule is CC(=O)Nc1cc(Nc2cc(C)cc(S(C)(=O)=O)n2)c(-c2ccco2)cn1. The number of carbonyl (C=O) groups is 1. The van der Waals surface area contributed by atoms with E-state index in [1.165, 1.54) is 19.3 Å². The molecule has 8 nitrogen and oxygen atoms in total. The van der Waals surface area contributed by atoms with Gasteiger partial charge < -0.3 is 15.1 Å². The Bertz CT molecular complexity index is 1090. The van der Waals surface area contributed by atoms with E-state index in [1.54, 1.807) is 37.4 Å². The van der Waals surface area contributed by atoms with Crippen LogP contribution in [-0.2, 0) is 14.6 Å². The number of hydrogen-bond donors (Lipinski definition) is 2. The fourth-order valence-corrected chi connectivity index (χ4v) is 3.13. The topological polar surface area (TPSA) is 114 Å². The third-order valence-corrected chi connectivity index (χ3v) is 4.55. The van der Waals surface area contributed by atoms with Crippen LogP contribution in [-0.4, -0.2) is 30.5 Å². The Morgan fingerprint density at radius 1 is 1.19 bits per heavy atom. The highest BCUT2D eigenvalue weighted by molar-refractivity contribution is 7.90. The number of sulfone groups is 1. The van der Waals surface area contributed by atoms with Crippen LogP contribution in [0.3, 0.4) is 0 Å². The zero-order chi connectivity index (χ0) is 19.6. The molecule has 0 spiro atoms. The second-order valence-electron chi connectivity index (χ2n) is 6.04. The molecule has 3 rings (SSSR count). The smallest absolute Gasteiger partial charge is 0.222 e. The van der Waals surface area contributed by atoms with E-state index in [4.69, 9.17) is 4.42 Å². The van der Waals surface area contributed by atoms with Gasteiger partial charge >= 0.3 is 0 Å². The van der Waals surface area contributed by atoms with E-state index in [2.05, 4.69) is 20.6 Å². The summed E-state index contributed by atoms with van der Waals surface area (Å²) in [7, 11) is -3.46. The average molecular weight is 386 g/mol. The van der Waals surface area contributed by atoms with E-state index in [0.717, 1.165) is 11.8 Å². The summed E-state index contributed by atoms with van der Waals surface area (Å²) in [6.45, 7) is 3.17. The zero-order valence-corrected chi connectivity index (χ0v) is 15.8. The van der Waals surface area contributed by atoms with E-state index in [-0.39, 0.29) is 10.9 Å². The van der Waals surface area contributed by atoms with Gasteiger partial charge in [0.15, 0.2) is 14.9 Å². The van der Waals surface area contributed by atoms with Gasteiger partial charge in [-0.1, -0.05) is 0 Å². The highest BCUT2D eigenvalue weighted by Crippen LogP contribution is 2.32. The lowest BCUT2D eigenvalue weighted by Crippen LogP contribution is -2.08. The average Bonchev–Trinajstić information content (AvgIpc) is 3.07. The summed E-state index contributed by atoms with van der Waals surface area (Å²) in [6.07, 6.45) is 4.20. The first kappa shape index (κ1) is 18.6. The first-order valence-electron chi connectivity index (χ1n) is 7.99. The molecule has 0 atom stereocenters. The van der Waals surface area contributed by atoms with Crippen molar-refractivity contribution >= 4 is 33.1 Å². The van der Waals surface area contributed by atoms with Crippen LogP contribution in [0.15, 0.2) is 52.2 Å². The summed E-state index contributed by atoms with van der Waals surface area (Å²) >= 11 is 0. The molecule has 9 heteroatoms. The molecule has 0 aliphatic rings. The number of aromatic nitrogens is 2. The van der Waals surface area contributed by atoms with Crippen molar-refractivity contribution < 1.29 is 17.6 Å². The summed E-state index contributed by atoms with van der Waals surface area (Å²) in [5.41, 5.74) is 1.93. The van der Waals surface area contributed by atoms with Gasteiger partial charge in [-0.25, -0.2) is 18.4 Å². The summed E-state index contributed by atoms with van der Waals surface area (Å²) in [6, 6.07) is 8.37. The normalized spacial score (nSPS) is 11.2. The number of aryl methyl sites for hydroxylation is 1. The van der Waals surface area contributed by atoms with Gasteiger partial charge in [-0.2, -0.15) is 0 Å². The first-order chi connectivity index (χ1) is 12.7. The lowest BCUT2D eigenvalue weighted by atomic mass is 10.1. The Hall–Kier alpha value is -3.20. The molecule has 2 N–H and O–H groups in total. The van der Waals surface area contributed by atoms with Gasteiger partial charge in [0, 0.05) is 25.4 Å². The highest BCUT2D eigenvalue weighted by Gasteiger charge is 2.14. The molecular formula is C18H18N4O4S. The van der Waals surface area contributed by atoms with Crippen LogP contribution >= 0.6 is 0 Å². The molecule has 0 fully saturated rings. The van der Waals surface area contributed by atoms with E-state index < -0.39 is 9.84 Å². The van der Waals surface area contributed by atoms with Crippen LogP contribution in [0.4, 0.5) is 17.3 Å². The number of anilines is 3. The van der Waals surface area contributed by atoms with Crippen molar-refractivity contribution in [2.75, 3.05) is 16.9 Å². The molecule has 0 aliphatic carbocycles. The van der Waals surface area contributed by atoms with Crippen LogP contribution in [0, 0.1) is 6.92 Å². The molecule has 140 valence electrons. The summed E-state index contributed by atoms with van der Waals surface area (Å²) in [5, 5.41) is 5.69. The van der Waals surface area contributed by atoms with E-state index >= 15 is 0 Å². The van der Waals surface area contributed by atoms with Crippen molar-refractivity contribution in [3.63, 3.8) is 0 Å². The maximum atomic E-state index is 11.9.